The van der Waals surface area contributed by atoms with Crippen molar-refractivity contribution in [1.29, 1.82) is 0 Å². The fraction of sp³-hybridized carbons (Fsp3) is 0.355. The molecule has 0 spiro atoms. The summed E-state index contributed by atoms with van der Waals surface area (Å²) in [5, 5.41) is 15.8. The Bertz CT molecular complexity index is 1450. The molecule has 0 aliphatic carbocycles. The van der Waals surface area contributed by atoms with E-state index >= 15 is 0 Å². The summed E-state index contributed by atoms with van der Waals surface area (Å²) < 4.78 is 10.7. The van der Waals surface area contributed by atoms with Crippen molar-refractivity contribution in [2.75, 3.05) is 32.7 Å². The molecule has 2 heterocycles. The number of carbonyl (C=O) groups excluding carboxylic acids is 3. The van der Waals surface area contributed by atoms with Gasteiger partial charge in [-0.3, -0.25) is 14.5 Å². The highest BCUT2D eigenvalue weighted by molar-refractivity contribution is 5.87. The lowest BCUT2D eigenvalue weighted by atomic mass is 10.1. The molecule has 4 rings (SSSR count). The van der Waals surface area contributed by atoms with Crippen LogP contribution in [0, 0.1) is 0 Å². The largest absolute Gasteiger partial charge is 0.508 e. The molecule has 0 radical (unpaired) electrons. The second kappa shape index (κ2) is 14.8. The van der Waals surface area contributed by atoms with Crippen molar-refractivity contribution in [3.8, 4) is 5.75 Å². The molecule has 11 nitrogen and oxygen atoms in total. The van der Waals surface area contributed by atoms with Crippen molar-refractivity contribution in [2.24, 2.45) is 0 Å². The van der Waals surface area contributed by atoms with Crippen LogP contribution in [0.5, 0.6) is 5.75 Å². The predicted octanol–water partition coefficient (Wildman–Crippen LogP) is 2.91. The summed E-state index contributed by atoms with van der Waals surface area (Å²) >= 11 is 0. The Morgan fingerprint density at radius 2 is 1.81 bits per heavy atom. The summed E-state index contributed by atoms with van der Waals surface area (Å²) in [7, 11) is 0. The summed E-state index contributed by atoms with van der Waals surface area (Å²) in [5.41, 5.74) is 1.19. The molecule has 1 aliphatic heterocycles. The number of rotatable bonds is 12. The van der Waals surface area contributed by atoms with Gasteiger partial charge in [0.05, 0.1) is 5.56 Å². The number of piperazine rings is 1. The SMILES string of the molecule is C=CC(=O)NCCCC[C@H](NC(=O)OCc1ccccc1)C(=O)N1CCN(Cc2cc3ccc(O)cc3oc2=O)CC1. The minimum absolute atomic E-state index is 0.0240. The van der Waals surface area contributed by atoms with Gasteiger partial charge in [-0.2, -0.15) is 0 Å². The Kier molecular flexibility index (Phi) is 10.7. The number of unbranched alkanes of at least 4 members (excludes halogenated alkanes) is 1. The second-order valence-electron chi connectivity index (χ2n) is 10.1. The number of nitrogens with zero attached hydrogens (tertiary/aromatic N) is 2. The van der Waals surface area contributed by atoms with E-state index < -0.39 is 17.8 Å². The van der Waals surface area contributed by atoms with Crippen molar-refractivity contribution in [3.05, 3.63) is 88.8 Å². The van der Waals surface area contributed by atoms with Crippen molar-refractivity contribution >= 4 is 28.9 Å². The van der Waals surface area contributed by atoms with Crippen LogP contribution < -0.4 is 16.3 Å². The molecule has 1 aromatic heterocycles. The molecule has 0 bridgehead atoms. The quantitative estimate of drug-likeness (QED) is 0.170. The van der Waals surface area contributed by atoms with Gasteiger partial charge in [0.2, 0.25) is 11.8 Å². The summed E-state index contributed by atoms with van der Waals surface area (Å²) in [5.74, 6) is -0.439. The van der Waals surface area contributed by atoms with Gasteiger partial charge in [0, 0.05) is 50.7 Å². The molecule has 1 saturated heterocycles. The maximum absolute atomic E-state index is 13.5. The first-order valence-corrected chi connectivity index (χ1v) is 14.0. The highest BCUT2D eigenvalue weighted by atomic mass is 16.5. The van der Waals surface area contributed by atoms with Crippen LogP contribution in [0.2, 0.25) is 0 Å². The van der Waals surface area contributed by atoms with Gasteiger partial charge < -0.3 is 29.8 Å². The second-order valence-corrected chi connectivity index (χ2v) is 10.1. The van der Waals surface area contributed by atoms with Gasteiger partial charge in [-0.25, -0.2) is 9.59 Å². The number of phenols is 1. The summed E-state index contributed by atoms with van der Waals surface area (Å²) in [6, 6.07) is 14.9. The zero-order valence-corrected chi connectivity index (χ0v) is 23.4. The van der Waals surface area contributed by atoms with E-state index in [1.54, 1.807) is 17.0 Å². The third kappa shape index (κ3) is 8.68. The van der Waals surface area contributed by atoms with Crippen molar-refractivity contribution in [2.45, 2.75) is 38.5 Å². The third-order valence-corrected chi connectivity index (χ3v) is 7.08. The van der Waals surface area contributed by atoms with Gasteiger partial charge in [0.25, 0.3) is 0 Å². The van der Waals surface area contributed by atoms with Crippen LogP contribution in [0.15, 0.2) is 76.5 Å². The van der Waals surface area contributed by atoms with Gasteiger partial charge in [-0.05, 0) is 49.1 Å². The zero-order chi connectivity index (χ0) is 29.9. The molecule has 1 aliphatic rings. The maximum Gasteiger partial charge on any atom is 0.408 e. The number of fused-ring (bicyclic) bond motifs is 1. The van der Waals surface area contributed by atoms with E-state index in [2.05, 4.69) is 22.1 Å². The van der Waals surface area contributed by atoms with E-state index in [0.717, 1.165) is 5.56 Å². The van der Waals surface area contributed by atoms with Gasteiger partial charge in [0.15, 0.2) is 0 Å². The number of phenolic OH excluding ortho intramolecular Hbond substituents is 1. The fourth-order valence-electron chi connectivity index (χ4n) is 4.76. The molecular weight excluding hydrogens is 540 g/mol. The van der Waals surface area contributed by atoms with Crippen LogP contribution in [0.4, 0.5) is 4.79 Å². The number of benzene rings is 2. The summed E-state index contributed by atoms with van der Waals surface area (Å²) in [4.78, 5) is 53.8. The van der Waals surface area contributed by atoms with Gasteiger partial charge in [-0.1, -0.05) is 36.9 Å². The minimum Gasteiger partial charge on any atom is -0.508 e. The van der Waals surface area contributed by atoms with E-state index in [4.69, 9.17) is 9.15 Å². The number of carbonyl (C=O) groups is 3. The first-order valence-electron chi connectivity index (χ1n) is 14.0. The van der Waals surface area contributed by atoms with Crippen molar-refractivity contribution < 1.29 is 28.6 Å². The van der Waals surface area contributed by atoms with E-state index in [0.29, 0.717) is 75.1 Å². The summed E-state index contributed by atoms with van der Waals surface area (Å²) in [6.45, 7) is 6.25. The van der Waals surface area contributed by atoms with E-state index in [1.807, 2.05) is 30.3 Å². The van der Waals surface area contributed by atoms with E-state index in [1.165, 1.54) is 18.2 Å². The van der Waals surface area contributed by atoms with Gasteiger partial charge >= 0.3 is 11.7 Å². The van der Waals surface area contributed by atoms with Crippen LogP contribution >= 0.6 is 0 Å². The number of amides is 3. The molecule has 3 aromatic rings. The fourth-order valence-corrected chi connectivity index (χ4v) is 4.76. The average molecular weight is 577 g/mol. The highest BCUT2D eigenvalue weighted by Gasteiger charge is 2.29. The maximum atomic E-state index is 13.5. The molecule has 1 atom stereocenters. The first-order chi connectivity index (χ1) is 20.3. The predicted molar refractivity (Wildman–Crippen MR) is 157 cm³/mol. The van der Waals surface area contributed by atoms with Crippen LogP contribution in [-0.4, -0.2) is 71.6 Å². The Labute approximate surface area is 243 Å². The lowest BCUT2D eigenvalue weighted by Crippen LogP contribution is -2.55. The smallest absolute Gasteiger partial charge is 0.408 e. The number of alkyl carbamates (subject to hydrolysis) is 1. The average Bonchev–Trinajstić information content (AvgIpc) is 3.00. The molecule has 3 N–H and O–H groups in total. The molecule has 2 aromatic carbocycles. The van der Waals surface area contributed by atoms with Crippen LogP contribution in [0.3, 0.4) is 0 Å². The normalized spacial score (nSPS) is 14.2. The lowest BCUT2D eigenvalue weighted by Gasteiger charge is -2.36. The molecule has 11 heteroatoms. The number of aromatic hydroxyl groups is 1. The molecule has 42 heavy (non-hydrogen) atoms. The summed E-state index contributed by atoms with van der Waals surface area (Å²) in [6.07, 6.45) is 2.15. The van der Waals surface area contributed by atoms with Crippen LogP contribution in [-0.2, 0) is 27.5 Å². The van der Waals surface area contributed by atoms with Crippen LogP contribution in [0.25, 0.3) is 11.0 Å². The van der Waals surface area contributed by atoms with E-state index in [-0.39, 0.29) is 24.2 Å². The number of hydrogen-bond donors (Lipinski definition) is 3. The first kappa shape index (κ1) is 30.3. The molecule has 0 unspecified atom stereocenters. The molecule has 222 valence electrons. The van der Waals surface area contributed by atoms with E-state index in [9.17, 15) is 24.3 Å². The number of hydrogen-bond acceptors (Lipinski definition) is 8. The highest BCUT2D eigenvalue weighted by Crippen LogP contribution is 2.20. The lowest BCUT2D eigenvalue weighted by molar-refractivity contribution is -0.135. The van der Waals surface area contributed by atoms with Gasteiger partial charge in [-0.15, -0.1) is 0 Å². The number of ether oxygens (including phenoxy) is 1. The number of nitrogens with one attached hydrogen (secondary N) is 2. The Hall–Kier alpha value is -4.64. The molecule has 3 amide bonds. The molecule has 0 saturated carbocycles. The van der Waals surface area contributed by atoms with Crippen molar-refractivity contribution in [3.63, 3.8) is 0 Å². The molecule has 1 fully saturated rings. The monoisotopic (exact) mass is 576 g/mol. The van der Waals surface area contributed by atoms with Crippen LogP contribution in [0.1, 0.15) is 30.4 Å². The Morgan fingerprint density at radius 3 is 2.55 bits per heavy atom. The standard InChI is InChI=1S/C31H36N4O7/c1-2-28(37)32-13-7-6-10-26(33-31(40)41-21-22-8-4-3-5-9-22)29(38)35-16-14-34(15-17-35)20-24-18-23-11-12-25(36)19-27(23)42-30(24)39/h2-5,8-9,11-12,18-19,26,36H,1,6-7,10,13-17,20-21H2,(H,32,37)(H,33,40)/t26-/m0/s1. The zero-order valence-electron chi connectivity index (χ0n) is 23.4. The Balaban J connectivity index is 1.32. The van der Waals surface area contributed by atoms with Crippen molar-refractivity contribution in [1.82, 2.24) is 20.4 Å². The Morgan fingerprint density at radius 1 is 1.05 bits per heavy atom. The topological polar surface area (TPSA) is 141 Å². The minimum atomic E-state index is -0.779. The molecular formula is C31H36N4O7. The van der Waals surface area contributed by atoms with Gasteiger partial charge in [0.1, 0.15) is 24.0 Å². The third-order valence-electron chi connectivity index (χ3n) is 7.08.